The molecule has 0 unspecified atom stereocenters. The fraction of sp³-hybridized carbons (Fsp3) is 0.438. The summed E-state index contributed by atoms with van der Waals surface area (Å²) in [4.78, 5) is 38.2. The molecule has 7 heteroatoms. The number of nitrogens with zero attached hydrogens (tertiary/aromatic N) is 1. The van der Waals surface area contributed by atoms with Crippen molar-refractivity contribution in [3.63, 3.8) is 0 Å². The van der Waals surface area contributed by atoms with Gasteiger partial charge in [-0.15, -0.1) is 0 Å². The molecule has 0 spiro atoms. The molecule has 2 amide bonds. The standard InChI is InChI=1S/C16H13Br2NO4/c17-12-8-5-9(13(12)18)11-10(8)14(20)19(15(11)21)7-3-1-6(2-4-7)16(22)23/h1-4,8-13H,5H2,(H,22,23)/t8-,9-,10-,11+,12-,13+/m1/s1. The van der Waals surface area contributed by atoms with E-state index in [1.807, 2.05) is 0 Å². The monoisotopic (exact) mass is 441 g/mol. The van der Waals surface area contributed by atoms with Gasteiger partial charge in [-0.3, -0.25) is 14.5 Å². The number of anilines is 1. The molecule has 4 rings (SSSR count). The van der Waals surface area contributed by atoms with Crippen LogP contribution in [0.2, 0.25) is 0 Å². The second kappa shape index (κ2) is 5.14. The lowest BCUT2D eigenvalue weighted by Crippen LogP contribution is -2.37. The first kappa shape index (κ1) is 15.3. The van der Waals surface area contributed by atoms with Crippen molar-refractivity contribution in [2.45, 2.75) is 16.1 Å². The van der Waals surface area contributed by atoms with Gasteiger partial charge in [0, 0.05) is 9.65 Å². The van der Waals surface area contributed by atoms with E-state index in [1.54, 1.807) is 0 Å². The number of carbonyl (C=O) groups excluding carboxylic acids is 2. The average molecular weight is 443 g/mol. The molecule has 0 radical (unpaired) electrons. The quantitative estimate of drug-likeness (QED) is 0.564. The van der Waals surface area contributed by atoms with Gasteiger partial charge in [-0.1, -0.05) is 31.9 Å². The maximum absolute atomic E-state index is 12.8. The van der Waals surface area contributed by atoms with Gasteiger partial charge in [-0.2, -0.15) is 0 Å². The fourth-order valence-corrected chi connectivity index (χ4v) is 6.23. The second-order valence-electron chi connectivity index (χ2n) is 6.37. The number of halogens is 2. The maximum Gasteiger partial charge on any atom is 0.335 e. The number of hydrogen-bond acceptors (Lipinski definition) is 3. The van der Waals surface area contributed by atoms with Gasteiger partial charge in [0.25, 0.3) is 0 Å². The van der Waals surface area contributed by atoms with E-state index < -0.39 is 5.97 Å². The first-order chi connectivity index (χ1) is 10.9. The molecule has 5 nitrogen and oxygen atoms in total. The van der Waals surface area contributed by atoms with Gasteiger partial charge in [0.2, 0.25) is 11.8 Å². The van der Waals surface area contributed by atoms with Crippen molar-refractivity contribution in [2.75, 3.05) is 4.90 Å². The Labute approximate surface area is 149 Å². The van der Waals surface area contributed by atoms with Gasteiger partial charge in [-0.05, 0) is 42.5 Å². The van der Waals surface area contributed by atoms with Crippen molar-refractivity contribution in [2.24, 2.45) is 23.7 Å². The molecule has 120 valence electrons. The Morgan fingerprint density at radius 3 is 1.91 bits per heavy atom. The lowest BCUT2D eigenvalue weighted by molar-refractivity contribution is -0.123. The summed E-state index contributed by atoms with van der Waals surface area (Å²) in [5.74, 6) is -1.51. The number of amides is 2. The van der Waals surface area contributed by atoms with Gasteiger partial charge >= 0.3 is 5.97 Å². The van der Waals surface area contributed by atoms with E-state index in [9.17, 15) is 14.4 Å². The zero-order chi connectivity index (χ0) is 16.5. The van der Waals surface area contributed by atoms with E-state index in [4.69, 9.17) is 5.11 Å². The van der Waals surface area contributed by atoms with E-state index in [0.717, 1.165) is 6.42 Å². The molecule has 23 heavy (non-hydrogen) atoms. The summed E-state index contributed by atoms with van der Waals surface area (Å²) in [6, 6.07) is 5.89. The van der Waals surface area contributed by atoms with Gasteiger partial charge in [0.1, 0.15) is 0 Å². The molecule has 2 aliphatic carbocycles. The van der Waals surface area contributed by atoms with Crippen LogP contribution in [0.15, 0.2) is 24.3 Å². The lowest BCUT2D eigenvalue weighted by Gasteiger charge is -2.28. The summed E-state index contributed by atoms with van der Waals surface area (Å²) in [6.07, 6.45) is 0.893. The molecular formula is C16H13Br2NO4. The van der Waals surface area contributed by atoms with Gasteiger partial charge < -0.3 is 5.11 Å². The Balaban J connectivity index is 1.68. The maximum atomic E-state index is 12.8. The number of rotatable bonds is 2. The SMILES string of the molecule is O=C(O)c1ccc(N2C(=O)[C@@H]3[C@H]4C[C@@H]([C@H](Br)[C@@H]4Br)[C@@H]3C2=O)cc1. The highest BCUT2D eigenvalue weighted by Gasteiger charge is 2.66. The van der Waals surface area contributed by atoms with E-state index in [0.29, 0.717) is 5.69 Å². The predicted molar refractivity (Wildman–Crippen MR) is 89.9 cm³/mol. The second-order valence-corrected chi connectivity index (χ2v) is 8.48. The normalized spacial score (nSPS) is 38.3. The Morgan fingerprint density at radius 1 is 1.00 bits per heavy atom. The highest BCUT2D eigenvalue weighted by Crippen LogP contribution is 2.60. The van der Waals surface area contributed by atoms with Crippen molar-refractivity contribution >= 4 is 55.3 Å². The molecule has 2 bridgehead atoms. The van der Waals surface area contributed by atoms with Crippen LogP contribution in [0.25, 0.3) is 0 Å². The summed E-state index contributed by atoms with van der Waals surface area (Å²) in [6.45, 7) is 0. The first-order valence-corrected chi connectivity index (χ1v) is 9.24. The zero-order valence-electron chi connectivity index (χ0n) is 11.9. The third-order valence-electron chi connectivity index (χ3n) is 5.36. The fourth-order valence-electron chi connectivity index (χ4n) is 4.36. The Bertz CT molecular complexity index is 687. The van der Waals surface area contributed by atoms with Crippen LogP contribution in [0.4, 0.5) is 5.69 Å². The number of alkyl halides is 2. The molecule has 1 aromatic rings. The number of carboxylic acid groups (broad SMARTS) is 1. The first-order valence-electron chi connectivity index (χ1n) is 7.41. The largest absolute Gasteiger partial charge is 0.478 e. The summed E-state index contributed by atoms with van der Waals surface area (Å²) in [5, 5.41) is 8.95. The number of carbonyl (C=O) groups is 3. The smallest absolute Gasteiger partial charge is 0.335 e. The highest BCUT2D eigenvalue weighted by atomic mass is 79.9. The third-order valence-corrected chi connectivity index (χ3v) is 8.57. The summed E-state index contributed by atoms with van der Waals surface area (Å²) in [7, 11) is 0. The molecule has 3 fully saturated rings. The zero-order valence-corrected chi connectivity index (χ0v) is 15.0. The molecule has 1 aromatic carbocycles. The van der Waals surface area contributed by atoms with E-state index in [-0.39, 0.29) is 50.7 Å². The molecular weight excluding hydrogens is 430 g/mol. The Morgan fingerprint density at radius 2 is 1.48 bits per heavy atom. The van der Waals surface area contributed by atoms with Crippen LogP contribution in [-0.2, 0) is 9.59 Å². The molecule has 1 N–H and O–H groups in total. The van der Waals surface area contributed by atoms with Crippen LogP contribution in [0, 0.1) is 23.7 Å². The van der Waals surface area contributed by atoms with Crippen LogP contribution in [0.5, 0.6) is 0 Å². The van der Waals surface area contributed by atoms with E-state index in [2.05, 4.69) is 31.9 Å². The predicted octanol–water partition coefficient (Wildman–Crippen LogP) is 2.67. The number of hydrogen-bond donors (Lipinski definition) is 1. The average Bonchev–Trinajstić information content (AvgIpc) is 3.12. The number of aromatic carboxylic acids is 1. The van der Waals surface area contributed by atoms with Crippen LogP contribution in [0.1, 0.15) is 16.8 Å². The summed E-state index contributed by atoms with van der Waals surface area (Å²) < 4.78 is 0. The van der Waals surface area contributed by atoms with Gasteiger partial charge in [0.05, 0.1) is 23.1 Å². The molecule has 2 saturated carbocycles. The minimum absolute atomic E-state index is 0.133. The van der Waals surface area contributed by atoms with Crippen LogP contribution >= 0.6 is 31.9 Å². The van der Waals surface area contributed by atoms with Crippen LogP contribution in [-0.4, -0.2) is 32.5 Å². The molecule has 1 heterocycles. The molecule has 3 aliphatic rings. The van der Waals surface area contributed by atoms with E-state index in [1.165, 1.54) is 29.2 Å². The van der Waals surface area contributed by atoms with Crippen molar-refractivity contribution in [1.82, 2.24) is 0 Å². The third kappa shape index (κ3) is 1.99. The Hall–Kier alpha value is -1.21. The van der Waals surface area contributed by atoms with Crippen molar-refractivity contribution in [3.05, 3.63) is 29.8 Å². The van der Waals surface area contributed by atoms with E-state index >= 15 is 0 Å². The lowest BCUT2D eigenvalue weighted by atomic mass is 9.81. The van der Waals surface area contributed by atoms with Crippen molar-refractivity contribution < 1.29 is 19.5 Å². The van der Waals surface area contributed by atoms with Gasteiger partial charge in [-0.25, -0.2) is 4.79 Å². The highest BCUT2D eigenvalue weighted by molar-refractivity contribution is 9.12. The van der Waals surface area contributed by atoms with Crippen LogP contribution in [0.3, 0.4) is 0 Å². The minimum atomic E-state index is -1.03. The number of imide groups is 1. The van der Waals surface area contributed by atoms with Crippen LogP contribution < -0.4 is 4.90 Å². The minimum Gasteiger partial charge on any atom is -0.478 e. The molecule has 0 aromatic heterocycles. The summed E-state index contributed by atoms with van der Waals surface area (Å²) >= 11 is 7.30. The van der Waals surface area contributed by atoms with Gasteiger partial charge in [0.15, 0.2) is 0 Å². The Kier molecular flexibility index (Phi) is 3.43. The number of benzene rings is 1. The topological polar surface area (TPSA) is 74.7 Å². The molecule has 6 atom stereocenters. The van der Waals surface area contributed by atoms with Crippen molar-refractivity contribution in [1.29, 1.82) is 0 Å². The number of fused-ring (bicyclic) bond motifs is 5. The number of carboxylic acids is 1. The summed E-state index contributed by atoms with van der Waals surface area (Å²) in [5.41, 5.74) is 0.588. The molecule has 1 saturated heterocycles. The molecule has 1 aliphatic heterocycles. The van der Waals surface area contributed by atoms with Crippen molar-refractivity contribution in [3.8, 4) is 0 Å².